The molecule has 0 bridgehead atoms. The third-order valence-corrected chi connectivity index (χ3v) is 3.72. The highest BCUT2D eigenvalue weighted by atomic mass is 35.5. The Labute approximate surface area is 146 Å². The number of benzene rings is 2. The third-order valence-electron chi connectivity index (χ3n) is 2.91. The Kier molecular flexibility index (Phi) is 5.30. The average Bonchev–Trinajstić information content (AvgIpc) is 2.48. The van der Waals surface area contributed by atoms with E-state index in [-0.39, 0.29) is 32.7 Å². The van der Waals surface area contributed by atoms with Crippen molar-refractivity contribution in [3.05, 3.63) is 61.1 Å². The molecule has 9 heteroatoms. The maximum atomic E-state index is 11.1. The monoisotopic (exact) mass is 373 g/mol. The molecule has 2 rings (SSSR count). The summed E-state index contributed by atoms with van der Waals surface area (Å²) in [4.78, 5) is 10.5. The second kappa shape index (κ2) is 7.04. The Morgan fingerprint density at radius 1 is 1.26 bits per heavy atom. The largest absolute Gasteiger partial charge is 0.506 e. The number of hydrogen-bond acceptors (Lipinski definition) is 5. The molecule has 0 heterocycles. The van der Waals surface area contributed by atoms with E-state index in [0.717, 1.165) is 0 Å². The Morgan fingerprint density at radius 2 is 1.96 bits per heavy atom. The molecule has 0 aliphatic heterocycles. The standard InChI is InChI=1S/C14H10Cl3N3O3/c1-19(13-10(16)3-2-4-12(13)20(22)23)18-7-8-5-9(15)6-11(17)14(8)21/h2-7,21H,1H3. The third kappa shape index (κ3) is 3.85. The van der Waals surface area contributed by atoms with E-state index in [9.17, 15) is 15.2 Å². The summed E-state index contributed by atoms with van der Waals surface area (Å²) in [6, 6.07) is 7.16. The molecule has 6 nitrogen and oxygen atoms in total. The van der Waals surface area contributed by atoms with Gasteiger partial charge in [-0.2, -0.15) is 5.10 Å². The molecular formula is C14H10Cl3N3O3. The van der Waals surface area contributed by atoms with Crippen molar-refractivity contribution < 1.29 is 10.0 Å². The minimum absolute atomic E-state index is 0.0744. The topological polar surface area (TPSA) is 79.0 Å². The van der Waals surface area contributed by atoms with Crippen molar-refractivity contribution in [3.8, 4) is 5.75 Å². The number of anilines is 1. The fraction of sp³-hybridized carbons (Fsp3) is 0.0714. The van der Waals surface area contributed by atoms with Gasteiger partial charge >= 0.3 is 0 Å². The van der Waals surface area contributed by atoms with E-state index in [4.69, 9.17) is 34.8 Å². The fourth-order valence-electron chi connectivity index (χ4n) is 1.86. The first-order valence-electron chi connectivity index (χ1n) is 6.20. The van der Waals surface area contributed by atoms with E-state index < -0.39 is 4.92 Å². The Bertz CT molecular complexity index is 796. The minimum Gasteiger partial charge on any atom is -0.506 e. The summed E-state index contributed by atoms with van der Waals surface area (Å²) in [6.07, 6.45) is 1.28. The Balaban J connectivity index is 2.40. The van der Waals surface area contributed by atoms with Crippen molar-refractivity contribution in [3.63, 3.8) is 0 Å². The molecule has 0 amide bonds. The van der Waals surface area contributed by atoms with Crippen LogP contribution in [-0.4, -0.2) is 23.3 Å². The first kappa shape index (κ1) is 17.3. The molecule has 0 unspecified atom stereocenters. The Morgan fingerprint density at radius 3 is 2.61 bits per heavy atom. The van der Waals surface area contributed by atoms with Crippen molar-refractivity contribution >= 4 is 52.4 Å². The smallest absolute Gasteiger partial charge is 0.295 e. The van der Waals surface area contributed by atoms with E-state index in [2.05, 4.69) is 5.10 Å². The number of nitro benzene ring substituents is 1. The summed E-state index contributed by atoms with van der Waals surface area (Å²) in [6.45, 7) is 0. The van der Waals surface area contributed by atoms with Crippen LogP contribution in [0.15, 0.2) is 35.4 Å². The highest BCUT2D eigenvalue weighted by molar-refractivity contribution is 6.36. The number of hydrazone groups is 1. The first-order valence-corrected chi connectivity index (χ1v) is 7.33. The summed E-state index contributed by atoms with van der Waals surface area (Å²) >= 11 is 17.7. The van der Waals surface area contributed by atoms with Crippen LogP contribution >= 0.6 is 34.8 Å². The molecule has 0 atom stereocenters. The van der Waals surface area contributed by atoms with Crippen molar-refractivity contribution in [2.75, 3.05) is 12.1 Å². The molecule has 0 aromatic heterocycles. The van der Waals surface area contributed by atoms with Gasteiger partial charge in [0, 0.05) is 23.7 Å². The summed E-state index contributed by atoms with van der Waals surface area (Å²) in [5.74, 6) is -0.193. The normalized spacial score (nSPS) is 11.0. The Hall–Kier alpha value is -2.02. The van der Waals surface area contributed by atoms with Gasteiger partial charge in [0.2, 0.25) is 0 Å². The van der Waals surface area contributed by atoms with Crippen LogP contribution in [0.3, 0.4) is 0 Å². The fourth-order valence-corrected chi connectivity index (χ4v) is 2.66. The van der Waals surface area contributed by atoms with Crippen LogP contribution < -0.4 is 5.01 Å². The molecule has 2 aromatic carbocycles. The van der Waals surface area contributed by atoms with Gasteiger partial charge in [0.15, 0.2) is 5.69 Å². The van der Waals surface area contributed by atoms with Gasteiger partial charge in [-0.1, -0.05) is 40.9 Å². The summed E-state index contributed by atoms with van der Waals surface area (Å²) in [5, 5.41) is 26.8. The van der Waals surface area contributed by atoms with Crippen LogP contribution in [0, 0.1) is 10.1 Å². The van der Waals surface area contributed by atoms with Gasteiger partial charge in [-0.25, -0.2) is 0 Å². The average molecular weight is 375 g/mol. The lowest BCUT2D eigenvalue weighted by Gasteiger charge is -2.14. The number of rotatable bonds is 4. The van der Waals surface area contributed by atoms with E-state index in [1.165, 1.54) is 48.6 Å². The van der Waals surface area contributed by atoms with Crippen LogP contribution in [-0.2, 0) is 0 Å². The lowest BCUT2D eigenvalue weighted by Crippen LogP contribution is -2.11. The van der Waals surface area contributed by atoms with Crippen molar-refractivity contribution in [2.24, 2.45) is 5.10 Å². The zero-order valence-corrected chi connectivity index (χ0v) is 14.0. The molecular weight excluding hydrogens is 365 g/mol. The highest BCUT2D eigenvalue weighted by Crippen LogP contribution is 2.35. The second-order valence-electron chi connectivity index (χ2n) is 4.46. The predicted octanol–water partition coefficient (Wildman–Crippen LogP) is 4.73. The van der Waals surface area contributed by atoms with Gasteiger partial charge in [0.05, 0.1) is 21.2 Å². The highest BCUT2D eigenvalue weighted by Gasteiger charge is 2.20. The molecule has 0 saturated carbocycles. The number of aromatic hydroxyl groups is 1. The first-order chi connectivity index (χ1) is 10.8. The molecule has 23 heavy (non-hydrogen) atoms. The predicted molar refractivity (Wildman–Crippen MR) is 92.2 cm³/mol. The van der Waals surface area contributed by atoms with Gasteiger partial charge in [0.25, 0.3) is 5.69 Å². The lowest BCUT2D eigenvalue weighted by atomic mass is 10.2. The number of nitrogens with zero attached hydrogens (tertiary/aromatic N) is 3. The van der Waals surface area contributed by atoms with E-state index >= 15 is 0 Å². The molecule has 120 valence electrons. The molecule has 1 N–H and O–H groups in total. The van der Waals surface area contributed by atoms with Crippen LogP contribution in [0.1, 0.15) is 5.56 Å². The number of phenolic OH excluding ortho intramolecular Hbond substituents is 1. The molecule has 2 aromatic rings. The number of nitro groups is 1. The van der Waals surface area contributed by atoms with Gasteiger partial charge in [-0.05, 0) is 18.2 Å². The van der Waals surface area contributed by atoms with Crippen LogP contribution in [0.25, 0.3) is 0 Å². The van der Waals surface area contributed by atoms with Crippen molar-refractivity contribution in [1.82, 2.24) is 0 Å². The molecule has 0 fully saturated rings. The number of phenols is 1. The van der Waals surface area contributed by atoms with Crippen molar-refractivity contribution in [1.29, 1.82) is 0 Å². The molecule has 0 spiro atoms. The summed E-state index contributed by atoms with van der Waals surface area (Å²) in [7, 11) is 1.49. The number of hydrogen-bond donors (Lipinski definition) is 1. The SMILES string of the molecule is CN(N=Cc1cc(Cl)cc(Cl)c1O)c1c(Cl)cccc1[N+](=O)[O-]. The van der Waals surface area contributed by atoms with E-state index in [1.807, 2.05) is 0 Å². The van der Waals surface area contributed by atoms with Gasteiger partial charge in [-0.3, -0.25) is 15.1 Å². The van der Waals surface area contributed by atoms with Gasteiger partial charge in [0.1, 0.15) is 5.75 Å². The van der Waals surface area contributed by atoms with Crippen LogP contribution in [0.4, 0.5) is 11.4 Å². The maximum Gasteiger partial charge on any atom is 0.295 e. The molecule has 0 radical (unpaired) electrons. The van der Waals surface area contributed by atoms with E-state index in [1.54, 1.807) is 0 Å². The zero-order chi connectivity index (χ0) is 17.1. The number of para-hydroxylation sites is 1. The zero-order valence-electron chi connectivity index (χ0n) is 11.7. The van der Waals surface area contributed by atoms with Gasteiger partial charge < -0.3 is 5.11 Å². The van der Waals surface area contributed by atoms with E-state index in [0.29, 0.717) is 5.02 Å². The van der Waals surface area contributed by atoms with Crippen molar-refractivity contribution in [2.45, 2.75) is 0 Å². The summed E-state index contributed by atoms with van der Waals surface area (Å²) < 4.78 is 0. The minimum atomic E-state index is -0.555. The lowest BCUT2D eigenvalue weighted by molar-refractivity contribution is -0.384. The number of halogens is 3. The molecule has 0 saturated heterocycles. The summed E-state index contributed by atoms with van der Waals surface area (Å²) in [5.41, 5.74) is 0.206. The van der Waals surface area contributed by atoms with Crippen LogP contribution in [0.2, 0.25) is 15.1 Å². The molecule has 0 aliphatic carbocycles. The van der Waals surface area contributed by atoms with Crippen LogP contribution in [0.5, 0.6) is 5.75 Å². The molecule has 0 aliphatic rings. The maximum absolute atomic E-state index is 11.1. The quantitative estimate of drug-likeness (QED) is 0.476. The second-order valence-corrected chi connectivity index (χ2v) is 5.71. The van der Waals surface area contributed by atoms with Gasteiger partial charge in [-0.15, -0.1) is 0 Å².